The Labute approximate surface area is 182 Å². The van der Waals surface area contributed by atoms with Crippen LogP contribution in [0.5, 0.6) is 0 Å². The lowest BCUT2D eigenvalue weighted by atomic mass is 9.83. The minimum absolute atomic E-state index is 0.102. The standard InChI is InChI=1S/C24H28N2O5/c1-15(2)21(25-22(28)19-11-8-12-30-19)23(29)31-14-16(27)13-20-24(3,4)17-9-6-7-10-18(17)26(20)5/h6-13,15,21H,14H2,1-5H3,(H,25,28)/t21-/m0/s1. The molecule has 3 rings (SSSR count). The Balaban J connectivity index is 1.65. The maximum atomic E-state index is 12.6. The van der Waals surface area contributed by atoms with Crippen LogP contribution < -0.4 is 10.2 Å². The van der Waals surface area contributed by atoms with E-state index in [1.165, 1.54) is 18.4 Å². The van der Waals surface area contributed by atoms with Gasteiger partial charge in [-0.1, -0.05) is 45.9 Å². The highest BCUT2D eigenvalue weighted by molar-refractivity contribution is 5.96. The molecule has 1 atom stereocenters. The summed E-state index contributed by atoms with van der Waals surface area (Å²) < 4.78 is 10.3. The number of nitrogens with one attached hydrogen (secondary N) is 1. The van der Waals surface area contributed by atoms with E-state index in [1.54, 1.807) is 19.9 Å². The van der Waals surface area contributed by atoms with Gasteiger partial charge in [0.15, 0.2) is 18.2 Å². The molecule has 164 valence electrons. The van der Waals surface area contributed by atoms with Crippen molar-refractivity contribution in [1.29, 1.82) is 0 Å². The van der Waals surface area contributed by atoms with Gasteiger partial charge in [0.05, 0.1) is 6.26 Å². The van der Waals surface area contributed by atoms with Crippen molar-refractivity contribution in [2.45, 2.75) is 39.2 Å². The lowest BCUT2D eigenvalue weighted by Crippen LogP contribution is -2.45. The highest BCUT2D eigenvalue weighted by Gasteiger charge is 2.38. The number of likely N-dealkylation sites (N-methyl/N-ethyl adjacent to an activating group) is 1. The molecule has 0 bridgehead atoms. The number of nitrogens with zero attached hydrogens (tertiary/aromatic N) is 1. The molecule has 0 aliphatic carbocycles. The highest BCUT2D eigenvalue weighted by atomic mass is 16.5. The van der Waals surface area contributed by atoms with Gasteiger partial charge < -0.3 is 19.4 Å². The molecule has 7 heteroatoms. The molecule has 1 aliphatic heterocycles. The zero-order valence-electron chi connectivity index (χ0n) is 18.5. The fraction of sp³-hybridized carbons (Fsp3) is 0.375. The molecule has 1 aromatic carbocycles. The van der Waals surface area contributed by atoms with Gasteiger partial charge in [-0.05, 0) is 29.7 Å². The molecular formula is C24H28N2O5. The summed E-state index contributed by atoms with van der Waals surface area (Å²) in [4.78, 5) is 39.4. The first kappa shape index (κ1) is 22.3. The van der Waals surface area contributed by atoms with E-state index in [-0.39, 0.29) is 22.9 Å². The summed E-state index contributed by atoms with van der Waals surface area (Å²) in [6, 6.07) is 10.2. The van der Waals surface area contributed by atoms with Crippen molar-refractivity contribution in [2.24, 2.45) is 5.92 Å². The molecule has 1 aliphatic rings. The second-order valence-electron chi connectivity index (χ2n) is 8.48. The summed E-state index contributed by atoms with van der Waals surface area (Å²) in [5.41, 5.74) is 2.67. The van der Waals surface area contributed by atoms with Crippen LogP contribution in [-0.2, 0) is 19.7 Å². The highest BCUT2D eigenvalue weighted by Crippen LogP contribution is 2.46. The number of amides is 1. The quantitative estimate of drug-likeness (QED) is 0.541. The second kappa shape index (κ2) is 8.79. The minimum atomic E-state index is -0.895. The van der Waals surface area contributed by atoms with Crippen LogP contribution in [0.4, 0.5) is 5.69 Å². The lowest BCUT2D eigenvalue weighted by Gasteiger charge is -2.24. The third-order valence-electron chi connectivity index (χ3n) is 5.55. The fourth-order valence-corrected chi connectivity index (χ4v) is 3.80. The van der Waals surface area contributed by atoms with Crippen molar-refractivity contribution in [3.8, 4) is 0 Å². The van der Waals surface area contributed by atoms with Crippen LogP contribution in [0.2, 0.25) is 0 Å². The van der Waals surface area contributed by atoms with Crippen molar-refractivity contribution in [3.63, 3.8) is 0 Å². The fourth-order valence-electron chi connectivity index (χ4n) is 3.80. The monoisotopic (exact) mass is 424 g/mol. The summed E-state index contributed by atoms with van der Waals surface area (Å²) in [5, 5.41) is 2.61. The lowest BCUT2D eigenvalue weighted by molar-refractivity contribution is -0.150. The molecule has 0 unspecified atom stereocenters. The van der Waals surface area contributed by atoms with Gasteiger partial charge in [-0.15, -0.1) is 0 Å². The third-order valence-corrected chi connectivity index (χ3v) is 5.55. The molecule has 2 aromatic rings. The molecule has 0 saturated carbocycles. The summed E-state index contributed by atoms with van der Waals surface area (Å²) in [7, 11) is 1.91. The number of esters is 1. The molecule has 0 fully saturated rings. The Morgan fingerprint density at radius 3 is 2.48 bits per heavy atom. The van der Waals surface area contributed by atoms with Gasteiger partial charge in [-0.3, -0.25) is 9.59 Å². The van der Waals surface area contributed by atoms with Crippen LogP contribution in [0.15, 0.2) is 58.9 Å². The number of anilines is 1. The predicted octanol–water partition coefficient (Wildman–Crippen LogP) is 3.46. The molecule has 7 nitrogen and oxygen atoms in total. The Morgan fingerprint density at radius 1 is 1.16 bits per heavy atom. The number of para-hydroxylation sites is 1. The molecule has 0 spiro atoms. The zero-order chi connectivity index (χ0) is 22.8. The van der Waals surface area contributed by atoms with Gasteiger partial charge in [0, 0.05) is 29.9 Å². The van der Waals surface area contributed by atoms with E-state index in [0.717, 1.165) is 16.9 Å². The average molecular weight is 424 g/mol. The van der Waals surface area contributed by atoms with Crippen LogP contribution in [0.1, 0.15) is 43.8 Å². The van der Waals surface area contributed by atoms with Crippen LogP contribution >= 0.6 is 0 Å². The number of rotatable bonds is 7. The number of ether oxygens (including phenoxy) is 1. The Hall–Kier alpha value is -3.35. The van der Waals surface area contributed by atoms with Crippen LogP contribution in [0, 0.1) is 5.92 Å². The number of allylic oxidation sites excluding steroid dienone is 1. The third kappa shape index (κ3) is 4.55. The predicted molar refractivity (Wildman–Crippen MR) is 117 cm³/mol. The number of fused-ring (bicyclic) bond motifs is 1. The molecule has 1 N–H and O–H groups in total. The van der Waals surface area contributed by atoms with E-state index in [0.29, 0.717) is 0 Å². The largest absolute Gasteiger partial charge is 0.459 e. The van der Waals surface area contributed by atoms with E-state index in [2.05, 4.69) is 19.2 Å². The van der Waals surface area contributed by atoms with Crippen LogP contribution in [-0.4, -0.2) is 37.4 Å². The smallest absolute Gasteiger partial charge is 0.329 e. The first-order valence-corrected chi connectivity index (χ1v) is 10.2. The molecular weight excluding hydrogens is 396 g/mol. The number of carbonyl (C=O) groups is 3. The van der Waals surface area contributed by atoms with Crippen molar-refractivity contribution in [1.82, 2.24) is 5.32 Å². The topological polar surface area (TPSA) is 88.9 Å². The van der Waals surface area contributed by atoms with Gasteiger partial charge >= 0.3 is 5.97 Å². The summed E-state index contributed by atoms with van der Waals surface area (Å²) >= 11 is 0. The molecule has 2 heterocycles. The summed E-state index contributed by atoms with van der Waals surface area (Å²) in [6.07, 6.45) is 2.91. The number of carbonyl (C=O) groups excluding carboxylic acids is 3. The van der Waals surface area contributed by atoms with Crippen molar-refractivity contribution >= 4 is 23.3 Å². The molecule has 0 saturated heterocycles. The SMILES string of the molecule is CC(C)[C@H](NC(=O)c1ccco1)C(=O)OCC(=O)C=C1N(C)c2ccccc2C1(C)C. The van der Waals surface area contributed by atoms with Crippen LogP contribution in [0.25, 0.3) is 0 Å². The van der Waals surface area contributed by atoms with Gasteiger partial charge in [-0.25, -0.2) is 4.79 Å². The van der Waals surface area contributed by atoms with Gasteiger partial charge in [0.25, 0.3) is 5.91 Å². The maximum absolute atomic E-state index is 12.6. The number of ketones is 1. The Kier molecular flexibility index (Phi) is 6.34. The number of hydrogen-bond acceptors (Lipinski definition) is 6. The Bertz CT molecular complexity index is 1000. The number of benzene rings is 1. The van der Waals surface area contributed by atoms with Gasteiger partial charge in [0.1, 0.15) is 6.04 Å². The van der Waals surface area contributed by atoms with Crippen molar-refractivity contribution in [2.75, 3.05) is 18.6 Å². The van der Waals surface area contributed by atoms with Gasteiger partial charge in [0.2, 0.25) is 0 Å². The second-order valence-corrected chi connectivity index (χ2v) is 8.48. The van der Waals surface area contributed by atoms with Crippen LogP contribution in [0.3, 0.4) is 0 Å². The van der Waals surface area contributed by atoms with Gasteiger partial charge in [-0.2, -0.15) is 0 Å². The van der Waals surface area contributed by atoms with E-state index in [1.807, 2.05) is 36.2 Å². The van der Waals surface area contributed by atoms with Crippen molar-refractivity contribution < 1.29 is 23.5 Å². The Morgan fingerprint density at radius 2 is 1.87 bits per heavy atom. The average Bonchev–Trinajstić information content (AvgIpc) is 3.33. The zero-order valence-corrected chi connectivity index (χ0v) is 18.5. The van der Waals surface area contributed by atoms with Crippen molar-refractivity contribution in [3.05, 3.63) is 65.8 Å². The number of hydrogen-bond donors (Lipinski definition) is 1. The minimum Gasteiger partial charge on any atom is -0.459 e. The van der Waals surface area contributed by atoms with E-state index >= 15 is 0 Å². The first-order valence-electron chi connectivity index (χ1n) is 10.2. The van der Waals surface area contributed by atoms with E-state index in [4.69, 9.17) is 9.15 Å². The summed E-state index contributed by atoms with van der Waals surface area (Å²) in [6.45, 7) is 7.28. The maximum Gasteiger partial charge on any atom is 0.329 e. The molecule has 1 amide bonds. The van der Waals surface area contributed by atoms with E-state index < -0.39 is 24.5 Å². The molecule has 0 radical (unpaired) electrons. The molecule has 1 aromatic heterocycles. The van der Waals surface area contributed by atoms with E-state index in [9.17, 15) is 14.4 Å². The number of furan rings is 1. The normalized spacial score (nSPS) is 16.8. The molecule has 31 heavy (non-hydrogen) atoms. The first-order chi connectivity index (χ1) is 14.6. The summed E-state index contributed by atoms with van der Waals surface area (Å²) in [5.74, 6) is -1.62.